The van der Waals surface area contributed by atoms with E-state index >= 15 is 0 Å². The second-order valence-electron chi connectivity index (χ2n) is 5.26. The number of hydrogen-bond acceptors (Lipinski definition) is 2. The van der Waals surface area contributed by atoms with E-state index in [-0.39, 0.29) is 17.5 Å². The molecule has 0 unspecified atom stereocenters. The highest BCUT2D eigenvalue weighted by molar-refractivity contribution is 5.95. The third-order valence-corrected chi connectivity index (χ3v) is 4.06. The van der Waals surface area contributed by atoms with Gasteiger partial charge in [0.2, 0.25) is 0 Å². The monoisotopic (exact) mass is 248 g/mol. The molecule has 2 saturated heterocycles. The van der Waals surface area contributed by atoms with Crippen LogP contribution in [0.1, 0.15) is 22.3 Å². The first-order valence-corrected chi connectivity index (χ1v) is 6.44. The Morgan fingerprint density at radius 3 is 3.11 bits per heavy atom. The molecule has 0 aromatic heterocycles. The molecule has 2 atom stereocenters. The van der Waals surface area contributed by atoms with Crippen LogP contribution in [0, 0.1) is 18.7 Å². The smallest absolute Gasteiger partial charge is 0.257 e. The van der Waals surface area contributed by atoms with Crippen LogP contribution in [-0.2, 0) is 0 Å². The van der Waals surface area contributed by atoms with Gasteiger partial charge in [0.25, 0.3) is 5.91 Å². The second kappa shape index (κ2) is 4.35. The highest BCUT2D eigenvalue weighted by Crippen LogP contribution is 2.29. The lowest BCUT2D eigenvalue weighted by molar-refractivity contribution is 0.0732. The number of nitrogens with zero attached hydrogens (tertiary/aromatic N) is 1. The quantitative estimate of drug-likeness (QED) is 0.818. The van der Waals surface area contributed by atoms with Gasteiger partial charge in [0.05, 0.1) is 5.56 Å². The average molecular weight is 248 g/mol. The predicted molar refractivity (Wildman–Crippen MR) is 66.9 cm³/mol. The van der Waals surface area contributed by atoms with Crippen molar-refractivity contribution in [3.63, 3.8) is 0 Å². The Balaban J connectivity index is 1.88. The predicted octanol–water partition coefficient (Wildman–Crippen LogP) is 1.57. The molecule has 96 valence electrons. The molecule has 0 aliphatic carbocycles. The zero-order valence-electron chi connectivity index (χ0n) is 10.4. The molecular formula is C14H17FN2O. The Kier molecular flexibility index (Phi) is 2.82. The number of carbonyl (C=O) groups excluding carboxylic acids is 1. The summed E-state index contributed by atoms with van der Waals surface area (Å²) >= 11 is 0. The van der Waals surface area contributed by atoms with Gasteiger partial charge in [0.15, 0.2) is 0 Å². The van der Waals surface area contributed by atoms with Crippen LogP contribution < -0.4 is 5.32 Å². The normalized spacial score (nSPS) is 26.4. The first-order chi connectivity index (χ1) is 8.66. The molecule has 3 rings (SSSR count). The molecule has 0 radical (unpaired) electrons. The SMILES string of the molecule is Cc1ccc(F)c(C(=O)N2CC[C@@H]3CNC[C@@H]32)c1. The number of hydrogen-bond donors (Lipinski definition) is 1. The molecule has 1 aromatic rings. The number of nitrogens with one attached hydrogen (secondary N) is 1. The molecule has 2 aliphatic rings. The van der Waals surface area contributed by atoms with Gasteiger partial charge < -0.3 is 10.2 Å². The largest absolute Gasteiger partial charge is 0.334 e. The first-order valence-electron chi connectivity index (χ1n) is 6.44. The number of amides is 1. The number of fused-ring (bicyclic) bond motifs is 1. The summed E-state index contributed by atoms with van der Waals surface area (Å²) < 4.78 is 13.8. The van der Waals surface area contributed by atoms with E-state index in [2.05, 4.69) is 5.32 Å². The van der Waals surface area contributed by atoms with Crippen molar-refractivity contribution in [1.29, 1.82) is 0 Å². The lowest BCUT2D eigenvalue weighted by Crippen LogP contribution is -2.39. The van der Waals surface area contributed by atoms with E-state index < -0.39 is 5.82 Å². The molecule has 0 saturated carbocycles. The summed E-state index contributed by atoms with van der Waals surface area (Å²) in [5.41, 5.74) is 1.13. The summed E-state index contributed by atoms with van der Waals surface area (Å²) in [6.45, 7) is 4.44. The van der Waals surface area contributed by atoms with E-state index in [1.165, 1.54) is 6.07 Å². The summed E-state index contributed by atoms with van der Waals surface area (Å²) in [4.78, 5) is 14.3. The van der Waals surface area contributed by atoms with E-state index in [0.29, 0.717) is 5.92 Å². The third kappa shape index (κ3) is 1.81. The minimum absolute atomic E-state index is 0.160. The van der Waals surface area contributed by atoms with Gasteiger partial charge in [-0.2, -0.15) is 0 Å². The number of aryl methyl sites for hydroxylation is 1. The molecule has 1 amide bonds. The van der Waals surface area contributed by atoms with Gasteiger partial charge in [0.1, 0.15) is 5.82 Å². The summed E-state index contributed by atoms with van der Waals surface area (Å²) in [6.07, 6.45) is 1.02. The second-order valence-corrected chi connectivity index (χ2v) is 5.26. The fourth-order valence-electron chi connectivity index (χ4n) is 3.06. The van der Waals surface area contributed by atoms with Gasteiger partial charge in [-0.05, 0) is 31.4 Å². The zero-order valence-corrected chi connectivity index (χ0v) is 10.4. The Bertz CT molecular complexity index is 489. The molecule has 18 heavy (non-hydrogen) atoms. The molecule has 3 nitrogen and oxygen atoms in total. The van der Waals surface area contributed by atoms with E-state index in [0.717, 1.165) is 31.6 Å². The maximum Gasteiger partial charge on any atom is 0.257 e. The number of rotatable bonds is 1. The molecule has 0 spiro atoms. The van der Waals surface area contributed by atoms with Crippen molar-refractivity contribution in [2.75, 3.05) is 19.6 Å². The maximum absolute atomic E-state index is 13.8. The van der Waals surface area contributed by atoms with Crippen LogP contribution in [0.15, 0.2) is 18.2 Å². The number of likely N-dealkylation sites (tertiary alicyclic amines) is 1. The third-order valence-electron chi connectivity index (χ3n) is 4.06. The van der Waals surface area contributed by atoms with Crippen LogP contribution >= 0.6 is 0 Å². The van der Waals surface area contributed by atoms with Crippen molar-refractivity contribution in [3.05, 3.63) is 35.1 Å². The number of benzene rings is 1. The molecular weight excluding hydrogens is 231 g/mol. The van der Waals surface area contributed by atoms with Gasteiger partial charge in [-0.3, -0.25) is 4.79 Å². The Hall–Kier alpha value is -1.42. The summed E-state index contributed by atoms with van der Waals surface area (Å²) in [6, 6.07) is 4.96. The van der Waals surface area contributed by atoms with Crippen molar-refractivity contribution in [1.82, 2.24) is 10.2 Å². The average Bonchev–Trinajstić information content (AvgIpc) is 2.93. The van der Waals surface area contributed by atoms with Gasteiger partial charge in [-0.1, -0.05) is 11.6 Å². The van der Waals surface area contributed by atoms with Crippen molar-refractivity contribution < 1.29 is 9.18 Å². The zero-order chi connectivity index (χ0) is 12.7. The van der Waals surface area contributed by atoms with E-state index in [9.17, 15) is 9.18 Å². The Morgan fingerprint density at radius 1 is 1.44 bits per heavy atom. The van der Waals surface area contributed by atoms with Gasteiger partial charge in [-0.15, -0.1) is 0 Å². The van der Waals surface area contributed by atoms with E-state index in [1.807, 2.05) is 11.8 Å². The van der Waals surface area contributed by atoms with Gasteiger partial charge in [-0.25, -0.2) is 4.39 Å². The molecule has 1 aromatic carbocycles. The van der Waals surface area contributed by atoms with Crippen LogP contribution in [0.3, 0.4) is 0 Å². The van der Waals surface area contributed by atoms with Crippen LogP contribution in [0.4, 0.5) is 4.39 Å². The summed E-state index contributed by atoms with van der Waals surface area (Å²) in [7, 11) is 0. The van der Waals surface area contributed by atoms with Crippen molar-refractivity contribution in [2.24, 2.45) is 5.92 Å². The van der Waals surface area contributed by atoms with E-state index in [1.54, 1.807) is 12.1 Å². The Labute approximate surface area is 106 Å². The fraction of sp³-hybridized carbons (Fsp3) is 0.500. The number of halogens is 1. The molecule has 2 aliphatic heterocycles. The molecule has 0 bridgehead atoms. The highest BCUT2D eigenvalue weighted by atomic mass is 19.1. The molecule has 2 heterocycles. The topological polar surface area (TPSA) is 32.3 Å². The highest BCUT2D eigenvalue weighted by Gasteiger charge is 2.40. The lowest BCUT2D eigenvalue weighted by Gasteiger charge is -2.23. The lowest BCUT2D eigenvalue weighted by atomic mass is 10.0. The minimum atomic E-state index is -0.417. The maximum atomic E-state index is 13.8. The van der Waals surface area contributed by atoms with Gasteiger partial charge in [0, 0.05) is 25.7 Å². The molecule has 4 heteroatoms. The summed E-state index contributed by atoms with van der Waals surface area (Å²) in [5.74, 6) is -0.0331. The van der Waals surface area contributed by atoms with Gasteiger partial charge >= 0.3 is 0 Å². The minimum Gasteiger partial charge on any atom is -0.334 e. The van der Waals surface area contributed by atoms with Crippen LogP contribution in [0.5, 0.6) is 0 Å². The summed E-state index contributed by atoms with van der Waals surface area (Å²) in [5, 5.41) is 3.30. The van der Waals surface area contributed by atoms with Crippen LogP contribution in [0.25, 0.3) is 0 Å². The van der Waals surface area contributed by atoms with Crippen molar-refractivity contribution in [3.8, 4) is 0 Å². The standard InChI is InChI=1S/C14H17FN2O/c1-9-2-3-12(15)11(6-9)14(18)17-5-4-10-7-16-8-13(10)17/h2-3,6,10,13,16H,4-5,7-8H2,1H3/t10-,13+/m1/s1. The van der Waals surface area contributed by atoms with E-state index in [4.69, 9.17) is 0 Å². The molecule has 1 N–H and O–H groups in total. The van der Waals surface area contributed by atoms with Crippen molar-refractivity contribution >= 4 is 5.91 Å². The van der Waals surface area contributed by atoms with Crippen LogP contribution in [0.2, 0.25) is 0 Å². The van der Waals surface area contributed by atoms with Crippen LogP contribution in [-0.4, -0.2) is 36.5 Å². The fourth-order valence-corrected chi connectivity index (χ4v) is 3.06. The number of carbonyl (C=O) groups is 1. The first kappa shape index (κ1) is 11.7. The molecule has 2 fully saturated rings. The van der Waals surface area contributed by atoms with Crippen molar-refractivity contribution in [2.45, 2.75) is 19.4 Å². The Morgan fingerprint density at radius 2 is 2.28 bits per heavy atom.